The Hall–Kier alpha value is -0.500. The highest BCUT2D eigenvalue weighted by Crippen LogP contribution is 2.24. The van der Waals surface area contributed by atoms with Crippen molar-refractivity contribution in [2.24, 2.45) is 0 Å². The Morgan fingerprint density at radius 1 is 1.00 bits per heavy atom. The monoisotopic (exact) mass is 332 g/mol. The molecule has 0 aliphatic carbocycles. The lowest BCUT2D eigenvalue weighted by molar-refractivity contribution is -0.181. The lowest BCUT2D eigenvalue weighted by atomic mass is 10.1. The van der Waals surface area contributed by atoms with Gasteiger partial charge in [-0.05, 0) is 19.3 Å². The van der Waals surface area contributed by atoms with Crippen LogP contribution in [0.15, 0.2) is 12.7 Å². The lowest BCUT2D eigenvalue weighted by Gasteiger charge is -2.18. The molecule has 0 spiro atoms. The molecule has 1 rings (SSSR count). The molecule has 1 fully saturated rings. The van der Waals surface area contributed by atoms with Crippen LogP contribution >= 0.6 is 0 Å². The van der Waals surface area contributed by atoms with Gasteiger partial charge in [-0.1, -0.05) is 38.2 Å². The highest BCUT2D eigenvalue weighted by atomic mass is 16.7. The van der Waals surface area contributed by atoms with Crippen molar-refractivity contribution in [3.8, 4) is 0 Å². The van der Waals surface area contributed by atoms with Crippen LogP contribution in [-0.4, -0.2) is 64.3 Å². The molecule has 6 heteroatoms. The second kappa shape index (κ2) is 11.9. The minimum Gasteiger partial charge on any atom is -0.394 e. The zero-order valence-corrected chi connectivity index (χ0v) is 13.8. The van der Waals surface area contributed by atoms with Crippen LogP contribution in [-0.2, 0) is 9.47 Å². The number of rotatable bonds is 13. The molecular formula is C17H32O6. The second-order valence-corrected chi connectivity index (χ2v) is 6.12. The molecule has 136 valence electrons. The Balaban J connectivity index is 2.04. The van der Waals surface area contributed by atoms with Crippen molar-refractivity contribution in [2.75, 3.05) is 13.2 Å². The van der Waals surface area contributed by atoms with Gasteiger partial charge in [0.2, 0.25) is 0 Å². The van der Waals surface area contributed by atoms with Gasteiger partial charge in [0.1, 0.15) is 24.4 Å². The first kappa shape index (κ1) is 20.5. The molecule has 1 heterocycles. The number of hydrogen-bond donors (Lipinski definition) is 4. The molecular weight excluding hydrogens is 300 g/mol. The first-order valence-corrected chi connectivity index (χ1v) is 8.64. The Labute approximate surface area is 138 Å². The van der Waals surface area contributed by atoms with Gasteiger partial charge in [-0.2, -0.15) is 0 Å². The van der Waals surface area contributed by atoms with Crippen LogP contribution in [0.25, 0.3) is 0 Å². The average Bonchev–Trinajstić information content (AvgIpc) is 2.84. The predicted octanol–water partition coefficient (Wildman–Crippen LogP) is 1.11. The van der Waals surface area contributed by atoms with E-state index in [0.29, 0.717) is 6.61 Å². The first-order chi connectivity index (χ1) is 11.1. The van der Waals surface area contributed by atoms with Gasteiger partial charge < -0.3 is 29.9 Å². The van der Waals surface area contributed by atoms with Gasteiger partial charge in [-0.3, -0.25) is 0 Å². The summed E-state index contributed by atoms with van der Waals surface area (Å²) in [7, 11) is 0. The normalized spacial score (nSPS) is 28.9. The highest BCUT2D eigenvalue weighted by Gasteiger charge is 2.46. The predicted molar refractivity (Wildman–Crippen MR) is 86.9 cm³/mol. The molecule has 0 bridgehead atoms. The number of aliphatic hydroxyl groups is 4. The fourth-order valence-corrected chi connectivity index (χ4v) is 2.71. The Kier molecular flexibility index (Phi) is 10.7. The summed E-state index contributed by atoms with van der Waals surface area (Å²) in [5.74, 6) is 0. The first-order valence-electron chi connectivity index (χ1n) is 8.64. The Morgan fingerprint density at radius 2 is 1.61 bits per heavy atom. The minimum atomic E-state index is -1.25. The standard InChI is InChI=1S/C17H32O6/c1-2-3-4-5-6-7-8-9-10-11-22-17-15(21)14(20)16(23-17)13(19)12-18/h2,13-21H,1,3-12H2. The number of hydrogen-bond acceptors (Lipinski definition) is 6. The summed E-state index contributed by atoms with van der Waals surface area (Å²) < 4.78 is 10.7. The number of aliphatic hydroxyl groups excluding tert-OH is 4. The quantitative estimate of drug-likeness (QED) is 0.298. The Bertz CT molecular complexity index is 311. The molecule has 1 aliphatic heterocycles. The van der Waals surface area contributed by atoms with Gasteiger partial charge >= 0.3 is 0 Å². The minimum absolute atomic E-state index is 0.437. The molecule has 1 aliphatic rings. The van der Waals surface area contributed by atoms with Crippen LogP contribution < -0.4 is 0 Å². The number of ether oxygens (including phenoxy) is 2. The van der Waals surface area contributed by atoms with E-state index in [-0.39, 0.29) is 0 Å². The fourth-order valence-electron chi connectivity index (χ4n) is 2.71. The zero-order valence-electron chi connectivity index (χ0n) is 13.8. The summed E-state index contributed by atoms with van der Waals surface area (Å²) >= 11 is 0. The molecule has 0 aromatic rings. The summed E-state index contributed by atoms with van der Waals surface area (Å²) in [6.07, 6.45) is 5.38. The van der Waals surface area contributed by atoms with Gasteiger partial charge in [-0.25, -0.2) is 0 Å². The van der Waals surface area contributed by atoms with Crippen LogP contribution in [0.2, 0.25) is 0 Å². The molecule has 5 unspecified atom stereocenters. The van der Waals surface area contributed by atoms with E-state index in [4.69, 9.17) is 14.6 Å². The Morgan fingerprint density at radius 3 is 2.22 bits per heavy atom. The van der Waals surface area contributed by atoms with E-state index < -0.39 is 37.3 Å². The van der Waals surface area contributed by atoms with E-state index in [2.05, 4.69) is 6.58 Å². The van der Waals surface area contributed by atoms with Crippen LogP contribution in [0.3, 0.4) is 0 Å². The van der Waals surface area contributed by atoms with Crippen LogP contribution in [0.5, 0.6) is 0 Å². The van der Waals surface area contributed by atoms with Gasteiger partial charge in [0.15, 0.2) is 6.29 Å². The molecule has 6 nitrogen and oxygen atoms in total. The SMILES string of the molecule is C=CCCCCCCCCCOC1OC(C(O)CO)C(O)C1O. The molecule has 0 aromatic carbocycles. The van der Waals surface area contributed by atoms with Crippen molar-refractivity contribution < 1.29 is 29.9 Å². The molecule has 0 radical (unpaired) electrons. The topological polar surface area (TPSA) is 99.4 Å². The third-order valence-corrected chi connectivity index (χ3v) is 4.16. The molecule has 0 saturated carbocycles. The van der Waals surface area contributed by atoms with Crippen molar-refractivity contribution in [3.63, 3.8) is 0 Å². The lowest BCUT2D eigenvalue weighted by Crippen LogP contribution is -2.40. The summed E-state index contributed by atoms with van der Waals surface area (Å²) in [4.78, 5) is 0. The van der Waals surface area contributed by atoms with Gasteiger partial charge in [0.25, 0.3) is 0 Å². The molecule has 1 saturated heterocycles. The average molecular weight is 332 g/mol. The van der Waals surface area contributed by atoms with E-state index >= 15 is 0 Å². The van der Waals surface area contributed by atoms with E-state index in [0.717, 1.165) is 25.7 Å². The van der Waals surface area contributed by atoms with E-state index in [9.17, 15) is 15.3 Å². The zero-order chi connectivity index (χ0) is 17.1. The fraction of sp³-hybridized carbons (Fsp3) is 0.882. The maximum Gasteiger partial charge on any atom is 0.186 e. The maximum atomic E-state index is 9.82. The maximum absolute atomic E-state index is 9.82. The van der Waals surface area contributed by atoms with Crippen molar-refractivity contribution in [1.82, 2.24) is 0 Å². The van der Waals surface area contributed by atoms with Crippen LogP contribution in [0.4, 0.5) is 0 Å². The van der Waals surface area contributed by atoms with Crippen LogP contribution in [0, 0.1) is 0 Å². The van der Waals surface area contributed by atoms with E-state index in [1.54, 1.807) is 0 Å². The summed E-state index contributed by atoms with van der Waals surface area (Å²) in [5.41, 5.74) is 0. The largest absolute Gasteiger partial charge is 0.394 e. The smallest absolute Gasteiger partial charge is 0.186 e. The van der Waals surface area contributed by atoms with Crippen molar-refractivity contribution in [1.29, 1.82) is 0 Å². The van der Waals surface area contributed by atoms with Crippen LogP contribution in [0.1, 0.15) is 51.4 Å². The van der Waals surface area contributed by atoms with Crippen molar-refractivity contribution in [3.05, 3.63) is 12.7 Å². The summed E-state index contributed by atoms with van der Waals surface area (Å²) in [6, 6.07) is 0. The molecule has 4 N–H and O–H groups in total. The number of allylic oxidation sites excluding steroid dienone is 1. The third-order valence-electron chi connectivity index (χ3n) is 4.16. The van der Waals surface area contributed by atoms with E-state index in [1.807, 2.05) is 6.08 Å². The van der Waals surface area contributed by atoms with Gasteiger partial charge in [-0.15, -0.1) is 6.58 Å². The number of unbranched alkanes of at least 4 members (excludes halogenated alkanes) is 7. The molecule has 0 amide bonds. The molecule has 23 heavy (non-hydrogen) atoms. The highest BCUT2D eigenvalue weighted by molar-refractivity contribution is 4.90. The van der Waals surface area contributed by atoms with Gasteiger partial charge in [0.05, 0.1) is 6.61 Å². The third kappa shape index (κ3) is 7.28. The van der Waals surface area contributed by atoms with Crippen molar-refractivity contribution in [2.45, 2.75) is 82.1 Å². The second-order valence-electron chi connectivity index (χ2n) is 6.12. The van der Waals surface area contributed by atoms with Crippen molar-refractivity contribution >= 4 is 0 Å². The summed E-state index contributed by atoms with van der Waals surface area (Å²) in [5, 5.41) is 38.0. The van der Waals surface area contributed by atoms with E-state index in [1.165, 1.54) is 25.7 Å². The molecule has 5 atom stereocenters. The van der Waals surface area contributed by atoms with Gasteiger partial charge in [0, 0.05) is 6.61 Å². The molecule has 0 aromatic heterocycles. The summed E-state index contributed by atoms with van der Waals surface area (Å²) in [6.45, 7) is 3.61.